The second-order valence-electron chi connectivity index (χ2n) is 2.98. The largest absolute Gasteiger partial charge is 0.341 e. The summed E-state index contributed by atoms with van der Waals surface area (Å²) in [7, 11) is 0. The number of aldehydes is 1. The van der Waals surface area contributed by atoms with Crippen LogP contribution in [0.2, 0.25) is 0 Å². The Labute approximate surface area is 76.0 Å². The highest BCUT2D eigenvalue weighted by Crippen LogP contribution is 2.28. The second kappa shape index (κ2) is 3.35. The Balaban J connectivity index is 2.25. The Bertz CT molecular complexity index is 276. The molecule has 1 aromatic rings. The smallest absolute Gasteiger partial charge is 0.166 e. The average molecular weight is 181 g/mol. The minimum atomic E-state index is 0.546. The summed E-state index contributed by atoms with van der Waals surface area (Å²) in [6.45, 7) is 0. The second-order valence-corrected chi connectivity index (χ2v) is 4.13. The normalized spacial score (nSPS) is 22.8. The fraction of sp³-hybridized carbons (Fsp3) is 0.444. The van der Waals surface area contributed by atoms with Gasteiger partial charge in [-0.1, -0.05) is 0 Å². The van der Waals surface area contributed by atoms with Crippen LogP contribution in [0, 0.1) is 0 Å². The van der Waals surface area contributed by atoms with Gasteiger partial charge in [-0.25, -0.2) is 0 Å². The van der Waals surface area contributed by atoms with Gasteiger partial charge in [0.2, 0.25) is 0 Å². The monoisotopic (exact) mass is 181 g/mol. The van der Waals surface area contributed by atoms with Gasteiger partial charge in [0, 0.05) is 18.0 Å². The van der Waals surface area contributed by atoms with Crippen molar-refractivity contribution in [3.63, 3.8) is 0 Å². The molecule has 2 heterocycles. The highest BCUT2D eigenvalue weighted by Gasteiger charge is 2.18. The first-order valence-corrected chi connectivity index (χ1v) is 5.27. The summed E-state index contributed by atoms with van der Waals surface area (Å²) in [6, 6.07) is 4.35. The molecule has 2 rings (SSSR count). The number of nitrogens with zero attached hydrogens (tertiary/aromatic N) is 1. The van der Waals surface area contributed by atoms with Crippen molar-refractivity contribution in [2.45, 2.75) is 12.5 Å². The molecule has 2 nitrogen and oxygen atoms in total. The van der Waals surface area contributed by atoms with E-state index < -0.39 is 0 Å². The van der Waals surface area contributed by atoms with Crippen molar-refractivity contribution in [1.82, 2.24) is 4.57 Å². The molecule has 0 aliphatic carbocycles. The van der Waals surface area contributed by atoms with E-state index >= 15 is 0 Å². The molecular formula is C9H11NOS. The third-order valence-corrected chi connectivity index (χ3v) is 3.38. The molecule has 64 valence electrons. The molecule has 1 unspecified atom stereocenters. The van der Waals surface area contributed by atoms with Gasteiger partial charge in [-0.2, -0.15) is 11.8 Å². The third-order valence-electron chi connectivity index (χ3n) is 2.23. The van der Waals surface area contributed by atoms with Gasteiger partial charge in [-0.3, -0.25) is 4.79 Å². The summed E-state index contributed by atoms with van der Waals surface area (Å²) in [5.41, 5.74) is 0.808. The first kappa shape index (κ1) is 7.92. The van der Waals surface area contributed by atoms with E-state index in [0.717, 1.165) is 17.7 Å². The molecule has 0 N–H and O–H groups in total. The highest BCUT2D eigenvalue weighted by molar-refractivity contribution is 7.99. The van der Waals surface area contributed by atoms with Crippen LogP contribution >= 0.6 is 11.8 Å². The number of carbonyl (C=O) groups excluding carboxylic acids is 1. The molecule has 3 heteroatoms. The molecule has 12 heavy (non-hydrogen) atoms. The minimum Gasteiger partial charge on any atom is -0.341 e. The summed E-state index contributed by atoms with van der Waals surface area (Å²) in [5.74, 6) is 2.37. The number of thioether (sulfide) groups is 1. The predicted molar refractivity (Wildman–Crippen MR) is 50.8 cm³/mol. The van der Waals surface area contributed by atoms with Crippen molar-refractivity contribution < 1.29 is 4.79 Å². The maximum absolute atomic E-state index is 10.6. The molecule has 0 bridgehead atoms. The van der Waals surface area contributed by atoms with Gasteiger partial charge in [0.15, 0.2) is 6.29 Å². The quantitative estimate of drug-likeness (QED) is 0.651. The number of hydrogen-bond donors (Lipinski definition) is 0. The van der Waals surface area contributed by atoms with Gasteiger partial charge in [0.25, 0.3) is 0 Å². The van der Waals surface area contributed by atoms with E-state index in [1.807, 2.05) is 30.1 Å². The van der Waals surface area contributed by atoms with E-state index in [9.17, 15) is 4.79 Å². The van der Waals surface area contributed by atoms with Crippen LogP contribution < -0.4 is 0 Å². The molecular weight excluding hydrogens is 170 g/mol. The highest BCUT2D eigenvalue weighted by atomic mass is 32.2. The van der Waals surface area contributed by atoms with Crippen LogP contribution in [-0.4, -0.2) is 22.4 Å². The lowest BCUT2D eigenvalue weighted by molar-refractivity contribution is 0.111. The Morgan fingerprint density at radius 2 is 2.58 bits per heavy atom. The molecule has 1 aliphatic heterocycles. The van der Waals surface area contributed by atoms with E-state index in [-0.39, 0.29) is 0 Å². The lowest BCUT2D eigenvalue weighted by atomic mass is 10.2. The molecule has 0 radical (unpaired) electrons. The van der Waals surface area contributed by atoms with Gasteiger partial charge in [0.05, 0.1) is 5.69 Å². The van der Waals surface area contributed by atoms with Crippen LogP contribution in [0.5, 0.6) is 0 Å². The van der Waals surface area contributed by atoms with Crippen LogP contribution in [0.4, 0.5) is 0 Å². The lowest BCUT2D eigenvalue weighted by Crippen LogP contribution is -2.09. The molecule has 1 saturated heterocycles. The van der Waals surface area contributed by atoms with Crippen molar-refractivity contribution in [3.05, 3.63) is 24.0 Å². The molecule has 1 aliphatic rings. The Hall–Kier alpha value is -0.700. The van der Waals surface area contributed by atoms with E-state index in [1.165, 1.54) is 12.2 Å². The van der Waals surface area contributed by atoms with Crippen molar-refractivity contribution in [3.8, 4) is 0 Å². The number of aromatic nitrogens is 1. The zero-order chi connectivity index (χ0) is 8.39. The summed E-state index contributed by atoms with van der Waals surface area (Å²) in [4.78, 5) is 10.6. The van der Waals surface area contributed by atoms with Crippen LogP contribution in [0.15, 0.2) is 18.3 Å². The van der Waals surface area contributed by atoms with Gasteiger partial charge in [0.1, 0.15) is 0 Å². The van der Waals surface area contributed by atoms with Gasteiger partial charge >= 0.3 is 0 Å². The first-order valence-electron chi connectivity index (χ1n) is 4.11. The maximum Gasteiger partial charge on any atom is 0.166 e. The zero-order valence-corrected chi connectivity index (χ0v) is 7.59. The van der Waals surface area contributed by atoms with Crippen molar-refractivity contribution in [1.29, 1.82) is 0 Å². The zero-order valence-electron chi connectivity index (χ0n) is 6.77. The Kier molecular flexibility index (Phi) is 2.21. The molecule has 0 aromatic carbocycles. The maximum atomic E-state index is 10.6. The summed E-state index contributed by atoms with van der Waals surface area (Å²) in [5, 5.41) is 0. The summed E-state index contributed by atoms with van der Waals surface area (Å²) < 4.78 is 2.09. The Morgan fingerprint density at radius 1 is 1.67 bits per heavy atom. The van der Waals surface area contributed by atoms with Gasteiger partial charge in [-0.15, -0.1) is 0 Å². The average Bonchev–Trinajstić information content (AvgIpc) is 2.74. The lowest BCUT2D eigenvalue weighted by Gasteiger charge is -2.11. The van der Waals surface area contributed by atoms with Crippen LogP contribution in [-0.2, 0) is 0 Å². The van der Waals surface area contributed by atoms with E-state index in [0.29, 0.717) is 6.04 Å². The van der Waals surface area contributed by atoms with Crippen LogP contribution in [0.3, 0.4) is 0 Å². The van der Waals surface area contributed by atoms with E-state index in [4.69, 9.17) is 0 Å². The minimum absolute atomic E-state index is 0.546. The molecule has 0 spiro atoms. The fourth-order valence-electron chi connectivity index (χ4n) is 1.58. The summed E-state index contributed by atoms with van der Waals surface area (Å²) in [6.07, 6.45) is 4.13. The first-order chi connectivity index (χ1) is 5.92. The van der Waals surface area contributed by atoms with Crippen molar-refractivity contribution >= 4 is 18.0 Å². The third kappa shape index (κ3) is 1.29. The topological polar surface area (TPSA) is 22.0 Å². The number of carbonyl (C=O) groups is 1. The fourth-order valence-corrected chi connectivity index (χ4v) is 2.79. The van der Waals surface area contributed by atoms with Gasteiger partial charge < -0.3 is 4.57 Å². The molecule has 1 fully saturated rings. The standard InChI is InChI=1S/C9H11NOS/c11-6-8-2-1-4-10(8)9-3-5-12-7-9/h1-2,4,6,9H,3,5,7H2. The predicted octanol–water partition coefficient (Wildman–Crippen LogP) is 1.98. The molecule has 1 atom stereocenters. The van der Waals surface area contributed by atoms with Crippen molar-refractivity contribution in [2.24, 2.45) is 0 Å². The van der Waals surface area contributed by atoms with Crippen molar-refractivity contribution in [2.75, 3.05) is 11.5 Å². The van der Waals surface area contributed by atoms with Gasteiger partial charge in [-0.05, 0) is 24.3 Å². The van der Waals surface area contributed by atoms with Crippen LogP contribution in [0.1, 0.15) is 23.0 Å². The molecule has 0 amide bonds. The number of rotatable bonds is 2. The van der Waals surface area contributed by atoms with E-state index in [1.54, 1.807) is 0 Å². The van der Waals surface area contributed by atoms with Crippen LogP contribution in [0.25, 0.3) is 0 Å². The molecule has 0 saturated carbocycles. The van der Waals surface area contributed by atoms with E-state index in [2.05, 4.69) is 4.57 Å². The summed E-state index contributed by atoms with van der Waals surface area (Å²) >= 11 is 1.96. The molecule has 1 aromatic heterocycles. The Morgan fingerprint density at radius 3 is 3.25 bits per heavy atom. The SMILES string of the molecule is O=Cc1cccn1C1CCSC1. The number of hydrogen-bond acceptors (Lipinski definition) is 2.